The van der Waals surface area contributed by atoms with Gasteiger partial charge in [0.1, 0.15) is 24.1 Å². The monoisotopic (exact) mass is 671 g/mol. The lowest BCUT2D eigenvalue weighted by atomic mass is 10.0. The van der Waals surface area contributed by atoms with Crippen LogP contribution in [0.5, 0.6) is 11.5 Å². The Balaban J connectivity index is 1.86. The summed E-state index contributed by atoms with van der Waals surface area (Å²) in [4.78, 5) is 30.2. The summed E-state index contributed by atoms with van der Waals surface area (Å²) in [6.07, 6.45) is 1.92. The number of carbonyl (C=O) groups excluding carboxylic acids is 2. The summed E-state index contributed by atoms with van der Waals surface area (Å²) in [5.41, 5.74) is 3.68. The van der Waals surface area contributed by atoms with Crippen molar-refractivity contribution < 1.29 is 27.5 Å². The van der Waals surface area contributed by atoms with Gasteiger partial charge in [0.25, 0.3) is 10.0 Å². The van der Waals surface area contributed by atoms with Crippen molar-refractivity contribution in [3.63, 3.8) is 0 Å². The number of rotatable bonds is 16. The lowest BCUT2D eigenvalue weighted by molar-refractivity contribution is -0.140. The van der Waals surface area contributed by atoms with Gasteiger partial charge in [-0.25, -0.2) is 8.42 Å². The molecule has 0 radical (unpaired) electrons. The normalized spacial score (nSPS) is 11.8. The van der Waals surface area contributed by atoms with Crippen molar-refractivity contribution in [2.45, 2.75) is 57.5 Å². The highest BCUT2D eigenvalue weighted by molar-refractivity contribution is 7.92. The number of ether oxygens (including phenoxy) is 2. The molecular weight excluding hydrogens is 627 g/mol. The van der Waals surface area contributed by atoms with Crippen LogP contribution in [0.1, 0.15) is 42.0 Å². The second-order valence-electron chi connectivity index (χ2n) is 11.7. The number of carbonyl (C=O) groups is 2. The average molecular weight is 672 g/mol. The molecule has 0 aliphatic rings. The predicted molar refractivity (Wildman–Crippen MR) is 189 cm³/mol. The first-order chi connectivity index (χ1) is 23.1. The predicted octanol–water partition coefficient (Wildman–Crippen LogP) is 6.07. The lowest BCUT2D eigenvalue weighted by Gasteiger charge is -2.34. The van der Waals surface area contributed by atoms with Crippen LogP contribution in [0, 0.1) is 13.8 Å². The largest absolute Gasteiger partial charge is 0.497 e. The Morgan fingerprint density at radius 3 is 2.19 bits per heavy atom. The topological polar surface area (TPSA) is 105 Å². The first-order valence-electron chi connectivity index (χ1n) is 16.1. The number of amides is 2. The fourth-order valence-corrected chi connectivity index (χ4v) is 6.79. The van der Waals surface area contributed by atoms with Crippen LogP contribution < -0.4 is 19.1 Å². The van der Waals surface area contributed by atoms with Crippen LogP contribution in [0.15, 0.2) is 102 Å². The van der Waals surface area contributed by atoms with Crippen molar-refractivity contribution in [1.82, 2.24) is 10.2 Å². The van der Waals surface area contributed by atoms with E-state index in [-0.39, 0.29) is 35.2 Å². The third-order valence-electron chi connectivity index (χ3n) is 8.25. The Bertz CT molecular complexity index is 1780. The quantitative estimate of drug-likeness (QED) is 0.145. The minimum absolute atomic E-state index is 0.00868. The summed E-state index contributed by atoms with van der Waals surface area (Å²) in [5.74, 6) is -0.231. The van der Waals surface area contributed by atoms with Gasteiger partial charge < -0.3 is 19.7 Å². The minimum atomic E-state index is -4.31. The summed E-state index contributed by atoms with van der Waals surface area (Å²) in [6.45, 7) is 5.81. The molecule has 0 fully saturated rings. The molecule has 0 aliphatic carbocycles. The van der Waals surface area contributed by atoms with Crippen molar-refractivity contribution in [3.05, 3.63) is 119 Å². The molecule has 10 heteroatoms. The van der Waals surface area contributed by atoms with Crippen molar-refractivity contribution in [1.29, 1.82) is 0 Å². The van der Waals surface area contributed by atoms with Crippen LogP contribution in [0.4, 0.5) is 5.69 Å². The summed E-state index contributed by atoms with van der Waals surface area (Å²) >= 11 is 0. The van der Waals surface area contributed by atoms with E-state index < -0.39 is 28.5 Å². The summed E-state index contributed by atoms with van der Waals surface area (Å²) in [5, 5.41) is 3.02. The maximum Gasteiger partial charge on any atom is 0.264 e. The molecule has 9 nitrogen and oxygen atoms in total. The molecule has 0 saturated heterocycles. The maximum absolute atomic E-state index is 14.8. The Morgan fingerprint density at radius 1 is 0.854 bits per heavy atom. The summed E-state index contributed by atoms with van der Waals surface area (Å²) in [6, 6.07) is 27.4. The molecule has 4 aromatic carbocycles. The number of sulfonamides is 1. The number of nitrogens with one attached hydrogen (secondary N) is 1. The Labute approximate surface area is 284 Å². The number of methoxy groups -OCH3 is 2. The number of hydrogen-bond acceptors (Lipinski definition) is 6. The number of nitrogens with zero attached hydrogens (tertiary/aromatic N) is 2. The summed E-state index contributed by atoms with van der Waals surface area (Å²) < 4.78 is 40.9. The highest BCUT2D eigenvalue weighted by Crippen LogP contribution is 2.36. The Kier molecular flexibility index (Phi) is 12.6. The summed E-state index contributed by atoms with van der Waals surface area (Å²) in [7, 11) is -1.40. The van der Waals surface area contributed by atoms with Gasteiger partial charge in [-0.2, -0.15) is 0 Å². The van der Waals surface area contributed by atoms with Crippen molar-refractivity contribution in [3.8, 4) is 11.5 Å². The molecular formula is C38H45N3O6S. The van der Waals surface area contributed by atoms with Crippen molar-refractivity contribution >= 4 is 27.5 Å². The number of hydrogen-bond donors (Lipinski definition) is 1. The third-order valence-corrected chi connectivity index (χ3v) is 10.0. The van der Waals surface area contributed by atoms with Crippen LogP contribution in [0.2, 0.25) is 0 Å². The number of anilines is 1. The fourth-order valence-electron chi connectivity index (χ4n) is 5.37. The highest BCUT2D eigenvalue weighted by Gasteiger charge is 2.36. The number of unbranched alkanes of at least 4 members (excludes halogenated alkanes) is 1. The van der Waals surface area contributed by atoms with E-state index >= 15 is 0 Å². The maximum atomic E-state index is 14.8. The Morgan fingerprint density at radius 2 is 1.54 bits per heavy atom. The third kappa shape index (κ3) is 8.95. The van der Waals surface area contributed by atoms with Gasteiger partial charge in [-0.1, -0.05) is 85.6 Å². The molecule has 4 aromatic rings. The van der Waals surface area contributed by atoms with Gasteiger partial charge in [-0.3, -0.25) is 13.9 Å². The molecule has 2 amide bonds. The highest BCUT2D eigenvalue weighted by atomic mass is 32.2. The van der Waals surface area contributed by atoms with E-state index in [9.17, 15) is 18.0 Å². The molecule has 48 heavy (non-hydrogen) atoms. The molecule has 1 N–H and O–H groups in total. The smallest absolute Gasteiger partial charge is 0.264 e. The number of benzene rings is 4. The fraction of sp³-hybridized carbons (Fsp3) is 0.316. The average Bonchev–Trinajstić information content (AvgIpc) is 3.09. The van der Waals surface area contributed by atoms with Gasteiger partial charge in [0.2, 0.25) is 11.8 Å². The molecule has 0 aromatic heterocycles. The van der Waals surface area contributed by atoms with Crippen LogP contribution >= 0.6 is 0 Å². The van der Waals surface area contributed by atoms with Crippen molar-refractivity contribution in [2.75, 3.05) is 31.6 Å². The van der Waals surface area contributed by atoms with E-state index in [1.165, 1.54) is 37.3 Å². The zero-order valence-electron chi connectivity index (χ0n) is 28.3. The van der Waals surface area contributed by atoms with Crippen LogP contribution in [-0.2, 0) is 32.6 Å². The molecule has 0 saturated carbocycles. The van der Waals surface area contributed by atoms with Gasteiger partial charge in [-0.15, -0.1) is 0 Å². The standard InChI is InChI=1S/C38H45N3O6S/c1-6-7-23-39-38(43)35(24-30-14-9-8-10-15-30)40(26-31-16-12-11-13-29(31)3)37(42)27-41(34-25-32(46-4)19-22-36(34)47-5)48(44,45)33-20-17-28(2)18-21-33/h8-22,25,35H,6-7,23-24,26-27H2,1-5H3,(H,39,43)/t35-/m0/s1. The van der Waals surface area contributed by atoms with Crippen LogP contribution in [0.25, 0.3) is 0 Å². The SMILES string of the molecule is CCCCNC(=O)[C@H](Cc1ccccc1)N(Cc1ccccc1C)C(=O)CN(c1cc(OC)ccc1OC)S(=O)(=O)c1ccc(C)cc1. The zero-order valence-corrected chi connectivity index (χ0v) is 29.1. The minimum Gasteiger partial charge on any atom is -0.497 e. The van der Waals surface area contributed by atoms with Crippen molar-refractivity contribution in [2.24, 2.45) is 0 Å². The lowest BCUT2D eigenvalue weighted by Crippen LogP contribution is -2.53. The second-order valence-corrected chi connectivity index (χ2v) is 13.5. The van der Waals surface area contributed by atoms with Crippen LogP contribution in [-0.4, -0.2) is 58.5 Å². The first kappa shape index (κ1) is 36.0. The molecule has 0 heterocycles. The Hall–Kier alpha value is -4.83. The first-order valence-corrected chi connectivity index (χ1v) is 17.5. The van der Waals surface area contributed by atoms with Crippen LogP contribution in [0.3, 0.4) is 0 Å². The van der Waals surface area contributed by atoms with E-state index in [4.69, 9.17) is 9.47 Å². The number of aryl methyl sites for hydroxylation is 2. The molecule has 0 bridgehead atoms. The van der Waals surface area contributed by atoms with E-state index in [0.717, 1.165) is 39.4 Å². The van der Waals surface area contributed by atoms with Gasteiger partial charge in [0, 0.05) is 25.6 Å². The van der Waals surface area contributed by atoms with Gasteiger partial charge in [0.15, 0.2) is 0 Å². The molecule has 1 atom stereocenters. The van der Waals surface area contributed by atoms with Gasteiger partial charge in [0.05, 0.1) is 24.8 Å². The van der Waals surface area contributed by atoms with E-state index in [0.29, 0.717) is 12.3 Å². The zero-order chi connectivity index (χ0) is 34.7. The van der Waals surface area contributed by atoms with E-state index in [1.54, 1.807) is 24.3 Å². The molecule has 4 rings (SSSR count). The van der Waals surface area contributed by atoms with Gasteiger partial charge >= 0.3 is 0 Å². The molecule has 254 valence electrons. The van der Waals surface area contributed by atoms with E-state index in [2.05, 4.69) is 5.32 Å². The van der Waals surface area contributed by atoms with Gasteiger partial charge in [-0.05, 0) is 61.2 Å². The van der Waals surface area contributed by atoms with E-state index in [1.807, 2.05) is 75.4 Å². The molecule has 0 aliphatic heterocycles. The second kappa shape index (κ2) is 16.8. The molecule has 0 spiro atoms. The molecule has 0 unspecified atom stereocenters.